The minimum atomic E-state index is -1.06. The third-order valence-electron chi connectivity index (χ3n) is 3.63. The van der Waals surface area contributed by atoms with Gasteiger partial charge in [0, 0.05) is 6.20 Å². The molecule has 9 heteroatoms. The van der Waals surface area contributed by atoms with Crippen molar-refractivity contribution in [2.24, 2.45) is 0 Å². The van der Waals surface area contributed by atoms with Gasteiger partial charge in [-0.3, -0.25) is 4.79 Å². The van der Waals surface area contributed by atoms with E-state index in [9.17, 15) is 9.59 Å². The van der Waals surface area contributed by atoms with Gasteiger partial charge in [-0.15, -0.1) is 5.10 Å². The van der Waals surface area contributed by atoms with Crippen molar-refractivity contribution in [3.05, 3.63) is 65.2 Å². The first-order valence-corrected chi connectivity index (χ1v) is 8.45. The smallest absolute Gasteiger partial charge is 0.361 e. The number of nitrogens with zero attached hydrogens (tertiary/aromatic N) is 4. The van der Waals surface area contributed by atoms with E-state index in [1.165, 1.54) is 17.9 Å². The summed E-state index contributed by atoms with van der Waals surface area (Å²) >= 11 is 5.90. The Labute approximate surface area is 160 Å². The van der Waals surface area contributed by atoms with E-state index in [1.54, 1.807) is 19.1 Å². The van der Waals surface area contributed by atoms with Crippen LogP contribution < -0.4 is 5.32 Å². The van der Waals surface area contributed by atoms with Crippen LogP contribution in [-0.2, 0) is 9.53 Å². The molecule has 0 aliphatic heterocycles. The summed E-state index contributed by atoms with van der Waals surface area (Å²) in [6, 6.07) is 12.4. The van der Waals surface area contributed by atoms with Crippen LogP contribution in [0.4, 0.5) is 5.69 Å². The molecule has 1 N–H and O–H groups in total. The van der Waals surface area contributed by atoms with Gasteiger partial charge in [-0.2, -0.15) is 9.90 Å². The topological polar surface area (TPSA) is 99.0 Å². The highest BCUT2D eigenvalue weighted by Crippen LogP contribution is 2.18. The van der Waals surface area contributed by atoms with E-state index in [4.69, 9.17) is 16.3 Å². The van der Waals surface area contributed by atoms with Gasteiger partial charge in [-0.25, -0.2) is 9.78 Å². The molecule has 0 unspecified atom stereocenters. The Kier molecular flexibility index (Phi) is 5.46. The normalized spacial score (nSPS) is 11.7. The van der Waals surface area contributed by atoms with Crippen LogP contribution in [0.3, 0.4) is 0 Å². The predicted octanol–water partition coefficient (Wildman–Crippen LogP) is 2.81. The van der Waals surface area contributed by atoms with Gasteiger partial charge in [-0.1, -0.05) is 29.8 Å². The summed E-state index contributed by atoms with van der Waals surface area (Å²) in [5, 5.41) is 11.1. The summed E-state index contributed by atoms with van der Waals surface area (Å²) in [5.74, 6) is -1.28. The van der Waals surface area contributed by atoms with Crippen LogP contribution in [0, 0.1) is 6.92 Å². The zero-order valence-electron chi connectivity index (χ0n) is 14.6. The second-order valence-corrected chi connectivity index (χ2v) is 6.00. The second kappa shape index (κ2) is 7.96. The van der Waals surface area contributed by atoms with Gasteiger partial charge >= 0.3 is 5.97 Å². The molecule has 2 aromatic heterocycles. The molecule has 138 valence electrons. The lowest BCUT2D eigenvalue weighted by Crippen LogP contribution is -2.30. The zero-order chi connectivity index (χ0) is 19.4. The molecule has 0 radical (unpaired) electrons. The van der Waals surface area contributed by atoms with Crippen molar-refractivity contribution >= 4 is 29.2 Å². The van der Waals surface area contributed by atoms with Crippen molar-refractivity contribution in [1.82, 2.24) is 20.0 Å². The lowest BCUT2D eigenvalue weighted by Gasteiger charge is -2.13. The molecule has 0 aliphatic rings. The monoisotopic (exact) mass is 385 g/mol. The largest absolute Gasteiger partial charge is 0.448 e. The van der Waals surface area contributed by atoms with Gasteiger partial charge in [0.25, 0.3) is 5.91 Å². The molecule has 0 fully saturated rings. The van der Waals surface area contributed by atoms with Gasteiger partial charge < -0.3 is 10.1 Å². The van der Waals surface area contributed by atoms with Crippen molar-refractivity contribution in [3.8, 4) is 5.69 Å². The molecule has 8 nitrogen and oxygen atoms in total. The number of amides is 1. The number of nitrogens with one attached hydrogen (secondary N) is 1. The van der Waals surface area contributed by atoms with Crippen molar-refractivity contribution in [2.45, 2.75) is 20.0 Å². The molecule has 3 rings (SSSR count). The molecule has 3 aromatic rings. The maximum Gasteiger partial charge on any atom is 0.361 e. The summed E-state index contributed by atoms with van der Waals surface area (Å²) in [6.45, 7) is 3.09. The van der Waals surface area contributed by atoms with Crippen molar-refractivity contribution in [2.75, 3.05) is 5.32 Å². The first-order valence-electron chi connectivity index (χ1n) is 8.07. The molecule has 0 bridgehead atoms. The van der Waals surface area contributed by atoms with Crippen LogP contribution in [0.25, 0.3) is 5.69 Å². The van der Waals surface area contributed by atoms with Crippen LogP contribution in [0.5, 0.6) is 0 Å². The van der Waals surface area contributed by atoms with Crippen LogP contribution in [-0.4, -0.2) is 38.0 Å². The van der Waals surface area contributed by atoms with Gasteiger partial charge in [0.2, 0.25) is 0 Å². The number of hydrogen-bond acceptors (Lipinski definition) is 6. The number of rotatable bonds is 5. The molecule has 1 amide bonds. The molecule has 0 saturated heterocycles. The minimum absolute atomic E-state index is 0.0397. The lowest BCUT2D eigenvalue weighted by molar-refractivity contribution is -0.123. The number of pyridine rings is 1. The SMILES string of the molecule is Cc1nn(-c2ccccc2)nc1C(=O)O[C@@H](C)C(=O)Nc1cccnc1Cl. The number of esters is 1. The van der Waals surface area contributed by atoms with E-state index in [2.05, 4.69) is 20.5 Å². The highest BCUT2D eigenvalue weighted by atomic mass is 35.5. The highest BCUT2D eigenvalue weighted by molar-refractivity contribution is 6.32. The number of halogens is 1. The number of benzene rings is 1. The fraction of sp³-hybridized carbons (Fsp3) is 0.167. The molecular formula is C18H16ClN5O3. The van der Waals surface area contributed by atoms with Gasteiger partial charge in [0.15, 0.2) is 17.0 Å². The Balaban J connectivity index is 1.69. The molecule has 1 atom stereocenters. The molecule has 2 heterocycles. The maximum absolute atomic E-state index is 12.4. The van der Waals surface area contributed by atoms with E-state index in [0.717, 1.165) is 0 Å². The fourth-order valence-electron chi connectivity index (χ4n) is 2.23. The van der Waals surface area contributed by atoms with Gasteiger partial charge in [-0.05, 0) is 38.1 Å². The number of ether oxygens (including phenoxy) is 1. The van der Waals surface area contributed by atoms with Crippen LogP contribution in [0.15, 0.2) is 48.7 Å². The van der Waals surface area contributed by atoms with Crippen molar-refractivity contribution in [3.63, 3.8) is 0 Å². The first kappa shape index (κ1) is 18.5. The highest BCUT2D eigenvalue weighted by Gasteiger charge is 2.24. The van der Waals surface area contributed by atoms with Gasteiger partial charge in [0.1, 0.15) is 0 Å². The molecular weight excluding hydrogens is 370 g/mol. The van der Waals surface area contributed by atoms with E-state index in [1.807, 2.05) is 30.3 Å². The Bertz CT molecular complexity index is 974. The quantitative estimate of drug-likeness (QED) is 0.535. The van der Waals surface area contributed by atoms with E-state index in [0.29, 0.717) is 17.1 Å². The standard InChI is InChI=1S/C18H16ClN5O3/c1-11-15(23-24(22-11)13-7-4-3-5-8-13)18(26)27-12(2)17(25)21-14-9-6-10-20-16(14)19/h3-10,12H,1-2H3,(H,21,25)/t12-/m0/s1. The fourth-order valence-corrected chi connectivity index (χ4v) is 2.39. The average molecular weight is 386 g/mol. The van der Waals surface area contributed by atoms with E-state index in [-0.39, 0.29) is 10.8 Å². The third-order valence-corrected chi connectivity index (χ3v) is 3.93. The van der Waals surface area contributed by atoms with Crippen LogP contribution in [0.1, 0.15) is 23.1 Å². The number of anilines is 1. The van der Waals surface area contributed by atoms with E-state index >= 15 is 0 Å². The number of aromatic nitrogens is 4. The first-order chi connectivity index (χ1) is 13.0. The molecule has 0 saturated carbocycles. The van der Waals surface area contributed by atoms with Gasteiger partial charge in [0.05, 0.1) is 17.1 Å². The maximum atomic E-state index is 12.4. The number of carbonyl (C=O) groups is 2. The summed E-state index contributed by atoms with van der Waals surface area (Å²) < 4.78 is 5.21. The molecule has 27 heavy (non-hydrogen) atoms. The number of aryl methyl sites for hydroxylation is 1. The Hall–Kier alpha value is -3.26. The number of para-hydroxylation sites is 1. The second-order valence-electron chi connectivity index (χ2n) is 5.64. The van der Waals surface area contributed by atoms with Crippen molar-refractivity contribution in [1.29, 1.82) is 0 Å². The van der Waals surface area contributed by atoms with Crippen molar-refractivity contribution < 1.29 is 14.3 Å². The molecule has 0 spiro atoms. The Morgan fingerprint density at radius 3 is 2.59 bits per heavy atom. The summed E-state index contributed by atoms with van der Waals surface area (Å²) in [6.07, 6.45) is 0.440. The average Bonchev–Trinajstić information content (AvgIpc) is 3.06. The lowest BCUT2D eigenvalue weighted by atomic mass is 10.3. The van der Waals surface area contributed by atoms with Crippen LogP contribution >= 0.6 is 11.6 Å². The van der Waals surface area contributed by atoms with E-state index < -0.39 is 18.0 Å². The summed E-state index contributed by atoms with van der Waals surface area (Å²) in [7, 11) is 0. The molecule has 0 aliphatic carbocycles. The minimum Gasteiger partial charge on any atom is -0.448 e. The zero-order valence-corrected chi connectivity index (χ0v) is 15.3. The summed E-state index contributed by atoms with van der Waals surface area (Å²) in [5.41, 5.74) is 1.47. The van der Waals surface area contributed by atoms with Crippen LogP contribution in [0.2, 0.25) is 5.15 Å². The predicted molar refractivity (Wildman–Crippen MR) is 98.9 cm³/mol. The summed E-state index contributed by atoms with van der Waals surface area (Å²) in [4.78, 5) is 29.8. The number of carbonyl (C=O) groups excluding carboxylic acids is 2. The molecule has 1 aromatic carbocycles. The number of hydrogen-bond donors (Lipinski definition) is 1. The Morgan fingerprint density at radius 1 is 1.15 bits per heavy atom. The Morgan fingerprint density at radius 2 is 1.89 bits per heavy atom. The third kappa shape index (κ3) is 4.29.